The van der Waals surface area contributed by atoms with Gasteiger partial charge in [0.1, 0.15) is 6.10 Å². The molecule has 3 rings (SSSR count). The van der Waals surface area contributed by atoms with Crippen LogP contribution in [0.25, 0.3) is 0 Å². The Morgan fingerprint density at radius 1 is 1.30 bits per heavy atom. The summed E-state index contributed by atoms with van der Waals surface area (Å²) in [6.07, 6.45) is 7.89. The molecule has 1 saturated carbocycles. The highest BCUT2D eigenvalue weighted by Gasteiger charge is 2.40. The molecule has 1 aromatic rings. The molecule has 1 aliphatic heterocycles. The van der Waals surface area contributed by atoms with E-state index in [2.05, 4.69) is 31.3 Å². The molecule has 2 nitrogen and oxygen atoms in total. The van der Waals surface area contributed by atoms with Crippen LogP contribution in [0.1, 0.15) is 61.8 Å². The molecule has 1 N–H and O–H groups in total. The average Bonchev–Trinajstić information content (AvgIpc) is 2.97. The summed E-state index contributed by atoms with van der Waals surface area (Å²) in [5, 5.41) is 3.64. The highest BCUT2D eigenvalue weighted by atomic mass is 32.1. The molecule has 1 aliphatic carbocycles. The lowest BCUT2D eigenvalue weighted by Gasteiger charge is -2.45. The van der Waals surface area contributed by atoms with E-state index in [0.29, 0.717) is 0 Å². The SMILES string of the molecule is CCc1ccc(C2CNCC3(CCC(CC)CC3)O2)s1. The molecule has 2 fully saturated rings. The molecule has 2 heterocycles. The quantitative estimate of drug-likeness (QED) is 0.896. The average molecular weight is 293 g/mol. The molecule has 0 aromatic carbocycles. The number of morpholine rings is 1. The number of rotatable bonds is 3. The van der Waals surface area contributed by atoms with Crippen LogP contribution in [-0.4, -0.2) is 18.7 Å². The van der Waals surface area contributed by atoms with Gasteiger partial charge in [0.2, 0.25) is 0 Å². The van der Waals surface area contributed by atoms with Crippen molar-refractivity contribution in [2.24, 2.45) is 5.92 Å². The summed E-state index contributed by atoms with van der Waals surface area (Å²) in [6, 6.07) is 4.53. The van der Waals surface area contributed by atoms with Gasteiger partial charge in [-0.05, 0) is 50.2 Å². The number of hydrogen-bond acceptors (Lipinski definition) is 3. The van der Waals surface area contributed by atoms with Crippen molar-refractivity contribution in [2.45, 2.75) is 64.1 Å². The lowest BCUT2D eigenvalue weighted by Crippen LogP contribution is -2.52. The van der Waals surface area contributed by atoms with Crippen LogP contribution in [0.2, 0.25) is 0 Å². The molecule has 112 valence electrons. The Kier molecular flexibility index (Phi) is 4.49. The zero-order chi connectivity index (χ0) is 14.0. The number of hydrogen-bond donors (Lipinski definition) is 1. The van der Waals surface area contributed by atoms with Crippen LogP contribution in [0.15, 0.2) is 12.1 Å². The predicted octanol–water partition coefficient (Wildman–Crippen LogP) is 4.31. The second-order valence-corrected chi connectivity index (χ2v) is 7.63. The number of nitrogens with one attached hydrogen (secondary N) is 1. The number of aryl methyl sites for hydroxylation is 1. The molecule has 1 aromatic heterocycles. The van der Waals surface area contributed by atoms with Crippen LogP contribution in [0.3, 0.4) is 0 Å². The van der Waals surface area contributed by atoms with Crippen LogP contribution >= 0.6 is 11.3 Å². The lowest BCUT2D eigenvalue weighted by atomic mass is 9.77. The van der Waals surface area contributed by atoms with Crippen molar-refractivity contribution >= 4 is 11.3 Å². The Labute approximate surface area is 126 Å². The number of thiophene rings is 1. The summed E-state index contributed by atoms with van der Waals surface area (Å²) in [4.78, 5) is 2.88. The Bertz CT molecular complexity index is 434. The molecule has 0 amide bonds. The second kappa shape index (κ2) is 6.17. The Hall–Kier alpha value is -0.380. The van der Waals surface area contributed by atoms with Gasteiger partial charge in [0.15, 0.2) is 0 Å². The van der Waals surface area contributed by atoms with E-state index in [-0.39, 0.29) is 11.7 Å². The van der Waals surface area contributed by atoms with E-state index in [1.54, 1.807) is 0 Å². The monoisotopic (exact) mass is 293 g/mol. The van der Waals surface area contributed by atoms with Gasteiger partial charge in [0, 0.05) is 22.8 Å². The third-order valence-corrected chi connectivity index (χ3v) is 6.43. The van der Waals surface area contributed by atoms with E-state index in [9.17, 15) is 0 Å². The van der Waals surface area contributed by atoms with Gasteiger partial charge in [0.25, 0.3) is 0 Å². The van der Waals surface area contributed by atoms with Crippen molar-refractivity contribution in [1.82, 2.24) is 5.32 Å². The second-order valence-electron chi connectivity index (χ2n) is 6.43. The minimum Gasteiger partial charge on any atom is -0.364 e. The molecule has 1 atom stereocenters. The highest BCUT2D eigenvalue weighted by Crippen LogP contribution is 2.41. The van der Waals surface area contributed by atoms with E-state index in [1.807, 2.05) is 11.3 Å². The molecule has 1 unspecified atom stereocenters. The van der Waals surface area contributed by atoms with E-state index in [1.165, 1.54) is 41.9 Å². The van der Waals surface area contributed by atoms with Gasteiger partial charge in [-0.15, -0.1) is 11.3 Å². The molecule has 1 saturated heterocycles. The van der Waals surface area contributed by atoms with Crippen molar-refractivity contribution in [3.05, 3.63) is 21.9 Å². The minimum absolute atomic E-state index is 0.116. The van der Waals surface area contributed by atoms with E-state index in [0.717, 1.165) is 25.4 Å². The summed E-state index contributed by atoms with van der Waals surface area (Å²) in [5.74, 6) is 0.929. The molecular weight excluding hydrogens is 266 g/mol. The minimum atomic E-state index is 0.116. The number of ether oxygens (including phenoxy) is 1. The zero-order valence-electron chi connectivity index (χ0n) is 12.8. The topological polar surface area (TPSA) is 21.3 Å². The lowest BCUT2D eigenvalue weighted by molar-refractivity contribution is -0.140. The van der Waals surface area contributed by atoms with Crippen LogP contribution in [0, 0.1) is 5.92 Å². The van der Waals surface area contributed by atoms with Crippen LogP contribution in [0.5, 0.6) is 0 Å². The summed E-state index contributed by atoms with van der Waals surface area (Å²) < 4.78 is 6.60. The van der Waals surface area contributed by atoms with Gasteiger partial charge in [-0.25, -0.2) is 0 Å². The van der Waals surface area contributed by atoms with Crippen molar-refractivity contribution in [3.8, 4) is 0 Å². The Morgan fingerprint density at radius 3 is 2.75 bits per heavy atom. The molecular formula is C17H27NOS. The molecule has 3 heteroatoms. The smallest absolute Gasteiger partial charge is 0.105 e. The fraction of sp³-hybridized carbons (Fsp3) is 0.765. The molecule has 2 aliphatic rings. The summed E-state index contributed by atoms with van der Waals surface area (Å²) in [7, 11) is 0. The normalized spacial score (nSPS) is 34.5. The van der Waals surface area contributed by atoms with Gasteiger partial charge in [0.05, 0.1) is 5.60 Å². The summed E-state index contributed by atoms with van der Waals surface area (Å²) >= 11 is 1.93. The van der Waals surface area contributed by atoms with Gasteiger partial charge in [-0.1, -0.05) is 20.3 Å². The van der Waals surface area contributed by atoms with Gasteiger partial charge in [-0.2, -0.15) is 0 Å². The molecule has 1 spiro atoms. The van der Waals surface area contributed by atoms with Gasteiger partial charge in [-0.3, -0.25) is 0 Å². The first-order valence-corrected chi connectivity index (χ1v) is 9.03. The largest absolute Gasteiger partial charge is 0.364 e. The first-order chi connectivity index (χ1) is 9.74. The standard InChI is InChI=1S/C17H27NOS/c1-3-13-7-9-17(10-8-13)12-18-11-15(19-17)16-6-5-14(4-2)20-16/h5-6,13,15,18H,3-4,7-12H2,1-2H3. The molecule has 0 radical (unpaired) electrons. The fourth-order valence-corrected chi connectivity index (χ4v) is 4.62. The zero-order valence-corrected chi connectivity index (χ0v) is 13.6. The third-order valence-electron chi connectivity index (χ3n) is 5.11. The maximum Gasteiger partial charge on any atom is 0.105 e. The van der Waals surface area contributed by atoms with Gasteiger partial charge >= 0.3 is 0 Å². The third kappa shape index (κ3) is 2.95. The molecule has 20 heavy (non-hydrogen) atoms. The Balaban J connectivity index is 1.67. The van der Waals surface area contributed by atoms with Crippen LogP contribution < -0.4 is 5.32 Å². The maximum atomic E-state index is 6.60. The fourth-order valence-electron chi connectivity index (χ4n) is 3.64. The van der Waals surface area contributed by atoms with Crippen LogP contribution in [-0.2, 0) is 11.2 Å². The molecule has 0 bridgehead atoms. The predicted molar refractivity (Wildman–Crippen MR) is 85.4 cm³/mol. The van der Waals surface area contributed by atoms with E-state index < -0.39 is 0 Å². The van der Waals surface area contributed by atoms with Crippen molar-refractivity contribution in [1.29, 1.82) is 0 Å². The summed E-state index contributed by atoms with van der Waals surface area (Å²) in [5.41, 5.74) is 0.116. The first kappa shape index (κ1) is 14.6. The van der Waals surface area contributed by atoms with Crippen molar-refractivity contribution in [2.75, 3.05) is 13.1 Å². The highest BCUT2D eigenvalue weighted by molar-refractivity contribution is 7.12. The van der Waals surface area contributed by atoms with E-state index >= 15 is 0 Å². The van der Waals surface area contributed by atoms with Gasteiger partial charge < -0.3 is 10.1 Å². The maximum absolute atomic E-state index is 6.60. The Morgan fingerprint density at radius 2 is 2.10 bits per heavy atom. The van der Waals surface area contributed by atoms with Crippen molar-refractivity contribution < 1.29 is 4.74 Å². The van der Waals surface area contributed by atoms with E-state index in [4.69, 9.17) is 4.74 Å². The first-order valence-electron chi connectivity index (χ1n) is 8.22. The summed E-state index contributed by atoms with van der Waals surface area (Å²) in [6.45, 7) is 6.57. The van der Waals surface area contributed by atoms with Crippen molar-refractivity contribution in [3.63, 3.8) is 0 Å². The van der Waals surface area contributed by atoms with Crippen LogP contribution in [0.4, 0.5) is 0 Å².